The summed E-state index contributed by atoms with van der Waals surface area (Å²) in [5.74, 6) is 2.28. The molecule has 0 spiro atoms. The van der Waals surface area contributed by atoms with Crippen LogP contribution in [0.15, 0.2) is 54.6 Å². The molecule has 0 unspecified atom stereocenters. The summed E-state index contributed by atoms with van der Waals surface area (Å²) in [6.07, 6.45) is 1.74. The van der Waals surface area contributed by atoms with Crippen LogP contribution in [0.4, 0.5) is 0 Å². The highest BCUT2D eigenvalue weighted by Gasteiger charge is 2.11. The number of methoxy groups -OCH3 is 2. The Hall–Kier alpha value is -3.66. The van der Waals surface area contributed by atoms with E-state index in [1.807, 2.05) is 30.3 Å². The van der Waals surface area contributed by atoms with Crippen LogP contribution in [0.25, 0.3) is 22.7 Å². The molecule has 0 fully saturated rings. The maximum Gasteiger partial charge on any atom is 0.161 e. The highest BCUT2D eigenvalue weighted by molar-refractivity contribution is 6.42. The molecule has 0 aliphatic carbocycles. The number of halogens is 2. The SMILES string of the molecule is COc1ccc2nc(/C(C#N)=C\c3ccc(OCc4ccc(Cl)c(Cl)c4)c(OC)c3)[nH]c2c1. The van der Waals surface area contributed by atoms with E-state index in [1.54, 1.807) is 44.6 Å². The van der Waals surface area contributed by atoms with Gasteiger partial charge in [-0.2, -0.15) is 5.26 Å². The van der Waals surface area contributed by atoms with Gasteiger partial charge in [-0.15, -0.1) is 0 Å². The maximum absolute atomic E-state index is 9.72. The van der Waals surface area contributed by atoms with E-state index in [2.05, 4.69) is 16.0 Å². The lowest BCUT2D eigenvalue weighted by atomic mass is 10.1. The fourth-order valence-corrected chi connectivity index (χ4v) is 3.57. The highest BCUT2D eigenvalue weighted by Crippen LogP contribution is 2.31. The van der Waals surface area contributed by atoms with Crippen LogP contribution in [0.1, 0.15) is 17.0 Å². The van der Waals surface area contributed by atoms with Crippen LogP contribution in [0.5, 0.6) is 17.2 Å². The Kier molecular flexibility index (Phi) is 6.74. The molecule has 33 heavy (non-hydrogen) atoms. The third-order valence-corrected chi connectivity index (χ3v) is 5.68. The van der Waals surface area contributed by atoms with Crippen LogP contribution in [0, 0.1) is 11.3 Å². The molecular formula is C25H19Cl2N3O3. The predicted octanol–water partition coefficient (Wildman–Crippen LogP) is 6.53. The monoisotopic (exact) mass is 479 g/mol. The number of H-pyrrole nitrogens is 1. The van der Waals surface area contributed by atoms with Gasteiger partial charge in [0.2, 0.25) is 0 Å². The van der Waals surface area contributed by atoms with E-state index in [9.17, 15) is 5.26 Å². The first-order chi connectivity index (χ1) is 16.0. The van der Waals surface area contributed by atoms with E-state index in [0.29, 0.717) is 45.3 Å². The van der Waals surface area contributed by atoms with Crippen molar-refractivity contribution < 1.29 is 14.2 Å². The fraction of sp³-hybridized carbons (Fsp3) is 0.120. The maximum atomic E-state index is 9.72. The van der Waals surface area contributed by atoms with E-state index < -0.39 is 0 Å². The van der Waals surface area contributed by atoms with Crippen molar-refractivity contribution in [1.29, 1.82) is 5.26 Å². The average Bonchev–Trinajstić information content (AvgIpc) is 3.26. The van der Waals surface area contributed by atoms with E-state index in [4.69, 9.17) is 37.4 Å². The minimum atomic E-state index is 0.300. The summed E-state index contributed by atoms with van der Waals surface area (Å²) in [6, 6.07) is 18.5. The van der Waals surface area contributed by atoms with Crippen molar-refractivity contribution >= 4 is 45.9 Å². The Morgan fingerprint density at radius 3 is 2.58 bits per heavy atom. The van der Waals surface area contributed by atoms with Crippen molar-refractivity contribution in [1.82, 2.24) is 9.97 Å². The fourth-order valence-electron chi connectivity index (χ4n) is 3.25. The second-order valence-corrected chi connectivity index (χ2v) is 7.90. The third-order valence-electron chi connectivity index (χ3n) is 4.94. The second kappa shape index (κ2) is 9.86. The number of nitrogens with one attached hydrogen (secondary N) is 1. The standard InChI is InChI=1S/C25H19Cl2N3O3/c1-31-18-5-7-21-22(12-18)30-25(29-21)17(13-28)9-15-4-8-23(24(11-15)32-2)33-14-16-3-6-19(26)20(27)10-16/h3-12H,14H2,1-2H3,(H,29,30)/b17-9-. The van der Waals surface area contributed by atoms with Gasteiger partial charge in [-0.1, -0.05) is 35.3 Å². The molecular weight excluding hydrogens is 461 g/mol. The molecule has 0 atom stereocenters. The van der Waals surface area contributed by atoms with Crippen molar-refractivity contribution in [2.75, 3.05) is 14.2 Å². The topological polar surface area (TPSA) is 80.2 Å². The molecule has 6 nitrogen and oxygen atoms in total. The molecule has 0 bridgehead atoms. The molecule has 1 N–H and O–H groups in total. The Labute approximate surface area is 200 Å². The molecule has 166 valence electrons. The number of rotatable bonds is 7. The number of allylic oxidation sites excluding steroid dienone is 1. The van der Waals surface area contributed by atoms with Crippen molar-refractivity contribution in [3.63, 3.8) is 0 Å². The Morgan fingerprint density at radius 1 is 1.00 bits per heavy atom. The number of aromatic amines is 1. The largest absolute Gasteiger partial charge is 0.497 e. The van der Waals surface area contributed by atoms with Crippen LogP contribution in [-0.4, -0.2) is 24.2 Å². The summed E-state index contributed by atoms with van der Waals surface area (Å²) in [7, 11) is 3.16. The Morgan fingerprint density at radius 2 is 1.85 bits per heavy atom. The lowest BCUT2D eigenvalue weighted by molar-refractivity contribution is 0.284. The van der Waals surface area contributed by atoms with Gasteiger partial charge in [0.1, 0.15) is 24.3 Å². The summed E-state index contributed by atoms with van der Waals surface area (Å²) in [4.78, 5) is 7.68. The van der Waals surface area contributed by atoms with Gasteiger partial charge in [0, 0.05) is 6.07 Å². The summed E-state index contributed by atoms with van der Waals surface area (Å²) in [5, 5.41) is 10.7. The molecule has 1 aromatic heterocycles. The molecule has 0 aliphatic rings. The molecule has 1 heterocycles. The number of hydrogen-bond donors (Lipinski definition) is 1. The Balaban J connectivity index is 1.58. The second-order valence-electron chi connectivity index (χ2n) is 7.09. The van der Waals surface area contributed by atoms with Gasteiger partial charge in [0.05, 0.1) is 40.9 Å². The summed E-state index contributed by atoms with van der Waals surface area (Å²) >= 11 is 12.0. The van der Waals surface area contributed by atoms with Crippen molar-refractivity contribution in [2.45, 2.75) is 6.61 Å². The molecule has 0 saturated heterocycles. The van der Waals surface area contributed by atoms with Gasteiger partial charge < -0.3 is 19.2 Å². The lowest BCUT2D eigenvalue weighted by Gasteiger charge is -2.12. The minimum absolute atomic E-state index is 0.300. The number of imidazole rings is 1. The van der Waals surface area contributed by atoms with Crippen molar-refractivity contribution in [3.8, 4) is 23.3 Å². The summed E-state index contributed by atoms with van der Waals surface area (Å²) < 4.78 is 16.6. The van der Waals surface area contributed by atoms with E-state index in [1.165, 1.54) is 0 Å². The first kappa shape index (κ1) is 22.5. The number of fused-ring (bicyclic) bond motifs is 1. The van der Waals surface area contributed by atoms with Gasteiger partial charge in [-0.25, -0.2) is 4.98 Å². The quantitative estimate of drug-likeness (QED) is 0.304. The smallest absolute Gasteiger partial charge is 0.161 e. The average molecular weight is 480 g/mol. The predicted molar refractivity (Wildman–Crippen MR) is 130 cm³/mol. The Bertz CT molecular complexity index is 1390. The summed E-state index contributed by atoms with van der Waals surface area (Å²) in [6.45, 7) is 0.300. The lowest BCUT2D eigenvalue weighted by Crippen LogP contribution is -1.98. The van der Waals surface area contributed by atoms with Crippen LogP contribution >= 0.6 is 23.2 Å². The number of hydrogen-bond acceptors (Lipinski definition) is 5. The molecule has 0 saturated carbocycles. The minimum Gasteiger partial charge on any atom is -0.497 e. The van der Waals surface area contributed by atoms with Crippen LogP contribution in [0.3, 0.4) is 0 Å². The molecule has 8 heteroatoms. The zero-order chi connectivity index (χ0) is 23.4. The van der Waals surface area contributed by atoms with E-state index in [0.717, 1.165) is 22.2 Å². The normalized spacial score (nSPS) is 11.3. The zero-order valence-electron chi connectivity index (χ0n) is 17.9. The van der Waals surface area contributed by atoms with E-state index in [-0.39, 0.29) is 0 Å². The molecule has 0 amide bonds. The van der Waals surface area contributed by atoms with Crippen molar-refractivity contribution in [3.05, 3.63) is 81.6 Å². The first-order valence-electron chi connectivity index (χ1n) is 9.91. The number of ether oxygens (including phenoxy) is 3. The van der Waals surface area contributed by atoms with Gasteiger partial charge in [-0.05, 0) is 53.6 Å². The molecule has 0 radical (unpaired) electrons. The van der Waals surface area contributed by atoms with Crippen molar-refractivity contribution in [2.24, 2.45) is 0 Å². The highest BCUT2D eigenvalue weighted by atomic mass is 35.5. The van der Waals surface area contributed by atoms with Crippen LogP contribution in [-0.2, 0) is 6.61 Å². The molecule has 4 aromatic rings. The number of nitriles is 1. The van der Waals surface area contributed by atoms with Crippen LogP contribution < -0.4 is 14.2 Å². The number of nitrogens with zero attached hydrogens (tertiary/aromatic N) is 2. The van der Waals surface area contributed by atoms with Gasteiger partial charge in [-0.3, -0.25) is 0 Å². The summed E-state index contributed by atoms with van der Waals surface area (Å²) in [5.41, 5.74) is 3.56. The third kappa shape index (κ3) is 5.06. The molecule has 4 rings (SSSR count). The van der Waals surface area contributed by atoms with Crippen LogP contribution in [0.2, 0.25) is 10.0 Å². The van der Waals surface area contributed by atoms with Gasteiger partial charge >= 0.3 is 0 Å². The van der Waals surface area contributed by atoms with E-state index >= 15 is 0 Å². The van der Waals surface area contributed by atoms with Gasteiger partial charge in [0.15, 0.2) is 11.5 Å². The first-order valence-corrected chi connectivity index (χ1v) is 10.7. The molecule has 0 aliphatic heterocycles. The number of benzene rings is 3. The molecule has 3 aromatic carbocycles. The zero-order valence-corrected chi connectivity index (χ0v) is 19.4. The van der Waals surface area contributed by atoms with Gasteiger partial charge in [0.25, 0.3) is 0 Å². The number of aromatic nitrogens is 2.